The third-order valence-corrected chi connectivity index (χ3v) is 2.72. The normalized spacial score (nSPS) is 10.4. The molecular formula is C11H12ClN3O. The summed E-state index contributed by atoms with van der Waals surface area (Å²) < 4.78 is 7.24. The highest BCUT2D eigenvalue weighted by atomic mass is 35.5. The highest BCUT2D eigenvalue weighted by molar-refractivity contribution is 6.31. The predicted octanol–water partition coefficient (Wildman–Crippen LogP) is 2.36. The number of aryl methyl sites for hydroxylation is 2. The zero-order valence-electron chi connectivity index (χ0n) is 9.14. The lowest BCUT2D eigenvalue weighted by Crippen LogP contribution is -2.04. The molecule has 1 aromatic carbocycles. The van der Waals surface area contributed by atoms with E-state index in [1.807, 2.05) is 26.1 Å². The van der Waals surface area contributed by atoms with E-state index in [4.69, 9.17) is 16.3 Å². The molecule has 0 N–H and O–H groups in total. The molecule has 4 nitrogen and oxygen atoms in total. The van der Waals surface area contributed by atoms with Crippen LogP contribution in [-0.2, 0) is 13.7 Å². The summed E-state index contributed by atoms with van der Waals surface area (Å²) in [5.74, 6) is 1.51. The Kier molecular flexibility index (Phi) is 3.10. The van der Waals surface area contributed by atoms with E-state index in [-0.39, 0.29) is 0 Å². The first-order valence-electron chi connectivity index (χ1n) is 4.88. The van der Waals surface area contributed by atoms with Gasteiger partial charge in [-0.1, -0.05) is 17.7 Å². The molecule has 0 unspecified atom stereocenters. The van der Waals surface area contributed by atoms with Gasteiger partial charge in [0.15, 0.2) is 5.82 Å². The maximum absolute atomic E-state index is 5.99. The lowest BCUT2D eigenvalue weighted by atomic mass is 10.2. The molecule has 0 radical (unpaired) electrons. The van der Waals surface area contributed by atoms with Gasteiger partial charge in [-0.05, 0) is 24.6 Å². The SMILES string of the molecule is Cc1ccc(OCc2ncnn2C)cc1Cl. The van der Waals surface area contributed by atoms with E-state index >= 15 is 0 Å². The van der Waals surface area contributed by atoms with Gasteiger partial charge in [-0.3, -0.25) is 4.68 Å². The van der Waals surface area contributed by atoms with Crippen molar-refractivity contribution in [3.8, 4) is 5.75 Å². The van der Waals surface area contributed by atoms with Gasteiger partial charge in [0.1, 0.15) is 18.7 Å². The number of hydrogen-bond donors (Lipinski definition) is 0. The standard InChI is InChI=1S/C11H12ClN3O/c1-8-3-4-9(5-10(8)12)16-6-11-13-7-14-15(11)2/h3-5,7H,6H2,1-2H3. The van der Waals surface area contributed by atoms with Crippen LogP contribution in [-0.4, -0.2) is 14.8 Å². The van der Waals surface area contributed by atoms with Crippen LogP contribution in [0, 0.1) is 6.92 Å². The molecule has 0 saturated carbocycles. The van der Waals surface area contributed by atoms with Gasteiger partial charge >= 0.3 is 0 Å². The number of hydrogen-bond acceptors (Lipinski definition) is 3. The van der Waals surface area contributed by atoms with Crippen molar-refractivity contribution in [2.75, 3.05) is 0 Å². The molecule has 1 aromatic heterocycles. The van der Waals surface area contributed by atoms with Gasteiger partial charge in [0, 0.05) is 12.1 Å². The van der Waals surface area contributed by atoms with Gasteiger partial charge < -0.3 is 4.74 Å². The van der Waals surface area contributed by atoms with Gasteiger partial charge in [0.2, 0.25) is 0 Å². The predicted molar refractivity (Wildman–Crippen MR) is 61.5 cm³/mol. The van der Waals surface area contributed by atoms with Crippen molar-refractivity contribution in [2.45, 2.75) is 13.5 Å². The summed E-state index contributed by atoms with van der Waals surface area (Å²) >= 11 is 5.99. The van der Waals surface area contributed by atoms with Crippen LogP contribution in [0.5, 0.6) is 5.75 Å². The second-order valence-electron chi connectivity index (χ2n) is 3.50. The quantitative estimate of drug-likeness (QED) is 0.823. The Morgan fingerprint density at radius 1 is 1.44 bits per heavy atom. The first-order valence-corrected chi connectivity index (χ1v) is 5.26. The smallest absolute Gasteiger partial charge is 0.164 e. The molecule has 16 heavy (non-hydrogen) atoms. The number of nitrogens with zero attached hydrogens (tertiary/aromatic N) is 3. The van der Waals surface area contributed by atoms with Crippen molar-refractivity contribution in [2.24, 2.45) is 7.05 Å². The molecule has 1 heterocycles. The van der Waals surface area contributed by atoms with E-state index < -0.39 is 0 Å². The highest BCUT2D eigenvalue weighted by Gasteiger charge is 2.03. The van der Waals surface area contributed by atoms with Crippen LogP contribution >= 0.6 is 11.6 Å². The number of halogens is 1. The molecule has 0 aliphatic heterocycles. The molecule has 2 aromatic rings. The van der Waals surface area contributed by atoms with Gasteiger partial charge in [-0.2, -0.15) is 5.10 Å². The largest absolute Gasteiger partial charge is 0.486 e. The van der Waals surface area contributed by atoms with Gasteiger partial charge in [0.05, 0.1) is 0 Å². The average Bonchev–Trinajstić information content (AvgIpc) is 2.66. The zero-order valence-corrected chi connectivity index (χ0v) is 9.90. The Labute approximate surface area is 98.8 Å². The summed E-state index contributed by atoms with van der Waals surface area (Å²) in [5, 5.41) is 4.66. The minimum atomic E-state index is 0.385. The maximum atomic E-state index is 5.99. The number of benzene rings is 1. The summed E-state index contributed by atoms with van der Waals surface area (Å²) in [7, 11) is 1.83. The van der Waals surface area contributed by atoms with Crippen molar-refractivity contribution >= 4 is 11.6 Å². The third-order valence-electron chi connectivity index (χ3n) is 2.32. The number of aromatic nitrogens is 3. The topological polar surface area (TPSA) is 39.9 Å². The molecule has 0 aliphatic rings. The summed E-state index contributed by atoms with van der Waals surface area (Å²) in [6.45, 7) is 2.34. The molecule has 0 aliphatic carbocycles. The van der Waals surface area contributed by atoms with Crippen LogP contribution in [0.4, 0.5) is 0 Å². The summed E-state index contributed by atoms with van der Waals surface area (Å²) in [5.41, 5.74) is 1.03. The highest BCUT2D eigenvalue weighted by Crippen LogP contribution is 2.22. The second-order valence-corrected chi connectivity index (χ2v) is 3.91. The van der Waals surface area contributed by atoms with Crippen LogP contribution in [0.1, 0.15) is 11.4 Å². The molecular weight excluding hydrogens is 226 g/mol. The van der Waals surface area contributed by atoms with Crippen LogP contribution in [0.25, 0.3) is 0 Å². The minimum absolute atomic E-state index is 0.385. The molecule has 0 saturated heterocycles. The fourth-order valence-corrected chi connectivity index (χ4v) is 1.43. The lowest BCUT2D eigenvalue weighted by Gasteiger charge is -2.06. The molecule has 0 fully saturated rings. The van der Waals surface area contributed by atoms with Crippen LogP contribution in [0.3, 0.4) is 0 Å². The zero-order chi connectivity index (χ0) is 11.5. The fraction of sp³-hybridized carbons (Fsp3) is 0.273. The Morgan fingerprint density at radius 3 is 2.88 bits per heavy atom. The Hall–Kier alpha value is -1.55. The summed E-state index contributed by atoms with van der Waals surface area (Å²) in [6, 6.07) is 5.61. The molecule has 0 atom stereocenters. The third kappa shape index (κ3) is 2.33. The fourth-order valence-electron chi connectivity index (χ4n) is 1.26. The number of rotatable bonds is 3. The maximum Gasteiger partial charge on any atom is 0.164 e. The molecule has 2 rings (SSSR count). The summed E-state index contributed by atoms with van der Waals surface area (Å²) in [4.78, 5) is 4.06. The summed E-state index contributed by atoms with van der Waals surface area (Å²) in [6.07, 6.45) is 1.50. The molecule has 84 valence electrons. The van der Waals surface area contributed by atoms with E-state index in [1.165, 1.54) is 6.33 Å². The van der Waals surface area contributed by atoms with Crippen LogP contribution < -0.4 is 4.74 Å². The Morgan fingerprint density at radius 2 is 2.25 bits per heavy atom. The van der Waals surface area contributed by atoms with Crippen molar-refractivity contribution < 1.29 is 4.74 Å². The van der Waals surface area contributed by atoms with Crippen molar-refractivity contribution in [3.05, 3.63) is 40.9 Å². The molecule has 0 spiro atoms. The van der Waals surface area contributed by atoms with Crippen molar-refractivity contribution in [1.82, 2.24) is 14.8 Å². The van der Waals surface area contributed by atoms with Crippen LogP contribution in [0.2, 0.25) is 5.02 Å². The average molecular weight is 238 g/mol. The minimum Gasteiger partial charge on any atom is -0.486 e. The monoisotopic (exact) mass is 237 g/mol. The molecule has 0 amide bonds. The van der Waals surface area contributed by atoms with E-state index in [1.54, 1.807) is 10.7 Å². The second kappa shape index (κ2) is 4.53. The molecule has 5 heteroatoms. The first-order chi connectivity index (χ1) is 7.66. The van der Waals surface area contributed by atoms with E-state index in [0.29, 0.717) is 11.6 Å². The Bertz CT molecular complexity index is 496. The van der Waals surface area contributed by atoms with Crippen LogP contribution in [0.15, 0.2) is 24.5 Å². The van der Waals surface area contributed by atoms with Gasteiger partial charge in [0.25, 0.3) is 0 Å². The van der Waals surface area contributed by atoms with Gasteiger partial charge in [-0.15, -0.1) is 0 Å². The van der Waals surface area contributed by atoms with Crippen molar-refractivity contribution in [1.29, 1.82) is 0 Å². The molecule has 0 bridgehead atoms. The van der Waals surface area contributed by atoms with E-state index in [2.05, 4.69) is 10.1 Å². The Balaban J connectivity index is 2.05. The van der Waals surface area contributed by atoms with Crippen molar-refractivity contribution in [3.63, 3.8) is 0 Å². The number of ether oxygens (including phenoxy) is 1. The van der Waals surface area contributed by atoms with E-state index in [0.717, 1.165) is 17.1 Å². The first kappa shape index (κ1) is 11.0. The van der Waals surface area contributed by atoms with Gasteiger partial charge in [-0.25, -0.2) is 4.98 Å². The van der Waals surface area contributed by atoms with E-state index in [9.17, 15) is 0 Å². The lowest BCUT2D eigenvalue weighted by molar-refractivity contribution is 0.290.